The van der Waals surface area contributed by atoms with Crippen LogP contribution in [0.15, 0.2) is 54.6 Å². The molecule has 0 aliphatic heterocycles. The minimum atomic E-state index is -0.127. The molecule has 2 aromatic carbocycles. The predicted octanol–water partition coefficient (Wildman–Crippen LogP) is 2.92. The second-order valence-electron chi connectivity index (χ2n) is 5.07. The summed E-state index contributed by atoms with van der Waals surface area (Å²) < 4.78 is 10.8. The van der Waals surface area contributed by atoms with Crippen LogP contribution in [0.3, 0.4) is 0 Å². The highest BCUT2D eigenvalue weighted by molar-refractivity contribution is 5.73. The van der Waals surface area contributed by atoms with Gasteiger partial charge in [0.15, 0.2) is 11.5 Å². The number of nitrogens with zero attached hydrogens (tertiary/aromatic N) is 1. The van der Waals surface area contributed by atoms with Crippen molar-refractivity contribution in [3.8, 4) is 11.5 Å². The van der Waals surface area contributed by atoms with Crippen molar-refractivity contribution in [2.75, 3.05) is 27.3 Å². The van der Waals surface area contributed by atoms with E-state index < -0.39 is 0 Å². The second kappa shape index (κ2) is 8.68. The molecule has 122 valence electrons. The van der Waals surface area contributed by atoms with E-state index in [9.17, 15) is 4.79 Å². The van der Waals surface area contributed by atoms with Crippen molar-refractivity contribution in [3.63, 3.8) is 0 Å². The summed E-state index contributed by atoms with van der Waals surface area (Å²) in [6.45, 7) is 1.38. The van der Waals surface area contributed by atoms with Crippen molar-refractivity contribution in [2.24, 2.45) is 0 Å². The highest BCUT2D eigenvalue weighted by atomic mass is 16.5. The molecule has 2 amide bonds. The van der Waals surface area contributed by atoms with Crippen molar-refractivity contribution in [3.05, 3.63) is 60.2 Å². The molecule has 1 N–H and O–H groups in total. The van der Waals surface area contributed by atoms with Gasteiger partial charge in [0.2, 0.25) is 0 Å². The average Bonchev–Trinajstić information content (AvgIpc) is 2.59. The SMILES string of the molecule is COc1ccccc1OCCNC(=O)N(C)Cc1ccccc1. The van der Waals surface area contributed by atoms with Crippen LogP contribution in [0.1, 0.15) is 5.56 Å². The molecule has 0 saturated carbocycles. The minimum Gasteiger partial charge on any atom is -0.493 e. The molecule has 2 rings (SSSR count). The maximum Gasteiger partial charge on any atom is 0.317 e. The average molecular weight is 314 g/mol. The molecule has 0 fully saturated rings. The van der Waals surface area contributed by atoms with Crippen molar-refractivity contribution >= 4 is 6.03 Å². The Morgan fingerprint density at radius 1 is 1.04 bits per heavy atom. The number of urea groups is 1. The van der Waals surface area contributed by atoms with Crippen LogP contribution >= 0.6 is 0 Å². The summed E-state index contributed by atoms with van der Waals surface area (Å²) in [6, 6.07) is 17.2. The first-order valence-electron chi connectivity index (χ1n) is 7.49. The van der Waals surface area contributed by atoms with Crippen LogP contribution in [-0.4, -0.2) is 38.2 Å². The molecule has 2 aromatic rings. The van der Waals surface area contributed by atoms with Crippen LogP contribution in [0.25, 0.3) is 0 Å². The van der Waals surface area contributed by atoms with Crippen molar-refractivity contribution < 1.29 is 14.3 Å². The second-order valence-corrected chi connectivity index (χ2v) is 5.07. The third-order valence-electron chi connectivity index (χ3n) is 3.31. The van der Waals surface area contributed by atoms with Gasteiger partial charge in [-0.2, -0.15) is 0 Å². The van der Waals surface area contributed by atoms with Gasteiger partial charge in [-0.1, -0.05) is 42.5 Å². The quantitative estimate of drug-likeness (QED) is 0.800. The fourth-order valence-corrected chi connectivity index (χ4v) is 2.12. The van der Waals surface area contributed by atoms with Crippen LogP contribution in [-0.2, 0) is 6.54 Å². The Balaban J connectivity index is 1.72. The third-order valence-corrected chi connectivity index (χ3v) is 3.31. The molecular weight excluding hydrogens is 292 g/mol. The maximum absolute atomic E-state index is 12.0. The number of carbonyl (C=O) groups is 1. The molecule has 23 heavy (non-hydrogen) atoms. The Kier molecular flexibility index (Phi) is 6.29. The fourth-order valence-electron chi connectivity index (χ4n) is 2.12. The van der Waals surface area contributed by atoms with Gasteiger partial charge in [-0.3, -0.25) is 0 Å². The van der Waals surface area contributed by atoms with E-state index in [1.165, 1.54) is 0 Å². The molecule has 5 nitrogen and oxygen atoms in total. The zero-order valence-electron chi connectivity index (χ0n) is 13.5. The smallest absolute Gasteiger partial charge is 0.317 e. The van der Waals surface area contributed by atoms with Gasteiger partial charge in [-0.15, -0.1) is 0 Å². The summed E-state index contributed by atoms with van der Waals surface area (Å²) in [6.07, 6.45) is 0. The molecule has 5 heteroatoms. The van der Waals surface area contributed by atoms with Gasteiger partial charge in [-0.05, 0) is 17.7 Å². The number of para-hydroxylation sites is 2. The number of benzene rings is 2. The van der Waals surface area contributed by atoms with Gasteiger partial charge in [0.05, 0.1) is 13.7 Å². The molecule has 0 heterocycles. The summed E-state index contributed by atoms with van der Waals surface area (Å²) in [5.41, 5.74) is 1.09. The number of ether oxygens (including phenoxy) is 2. The maximum atomic E-state index is 12.0. The topological polar surface area (TPSA) is 50.8 Å². The molecule has 0 atom stereocenters. The molecular formula is C18H22N2O3. The van der Waals surface area contributed by atoms with Crippen molar-refractivity contribution in [1.82, 2.24) is 10.2 Å². The Labute approximate surface area is 136 Å². The lowest BCUT2D eigenvalue weighted by Crippen LogP contribution is -2.38. The largest absolute Gasteiger partial charge is 0.493 e. The van der Waals surface area contributed by atoms with Crippen molar-refractivity contribution in [2.45, 2.75) is 6.54 Å². The predicted molar refractivity (Wildman–Crippen MR) is 89.8 cm³/mol. The summed E-state index contributed by atoms with van der Waals surface area (Å²) in [5, 5.41) is 2.83. The molecule has 0 aliphatic rings. The van der Waals surface area contributed by atoms with E-state index in [0.29, 0.717) is 31.2 Å². The van der Waals surface area contributed by atoms with E-state index in [0.717, 1.165) is 5.56 Å². The number of carbonyl (C=O) groups excluding carboxylic acids is 1. The monoisotopic (exact) mass is 314 g/mol. The Hall–Kier alpha value is -2.69. The van der Waals surface area contributed by atoms with Crippen LogP contribution in [0.5, 0.6) is 11.5 Å². The van der Waals surface area contributed by atoms with E-state index in [1.807, 2.05) is 54.6 Å². The third kappa shape index (κ3) is 5.21. The summed E-state index contributed by atoms with van der Waals surface area (Å²) in [7, 11) is 3.37. The number of amides is 2. The van der Waals surface area contributed by atoms with Gasteiger partial charge in [0, 0.05) is 13.6 Å². The molecule has 0 radical (unpaired) electrons. The zero-order valence-corrected chi connectivity index (χ0v) is 13.5. The van der Waals surface area contributed by atoms with Crippen LogP contribution in [0.4, 0.5) is 4.79 Å². The van der Waals surface area contributed by atoms with Gasteiger partial charge in [0.25, 0.3) is 0 Å². The lowest BCUT2D eigenvalue weighted by molar-refractivity contribution is 0.203. The molecule has 0 aliphatic carbocycles. The number of hydrogen-bond donors (Lipinski definition) is 1. The van der Waals surface area contributed by atoms with Gasteiger partial charge in [0.1, 0.15) is 6.61 Å². The fraction of sp³-hybridized carbons (Fsp3) is 0.278. The lowest BCUT2D eigenvalue weighted by Gasteiger charge is -2.18. The zero-order chi connectivity index (χ0) is 16.5. The number of rotatable bonds is 7. The van der Waals surface area contributed by atoms with Crippen LogP contribution < -0.4 is 14.8 Å². The molecule has 0 bridgehead atoms. The van der Waals surface area contributed by atoms with Crippen molar-refractivity contribution in [1.29, 1.82) is 0 Å². The minimum absolute atomic E-state index is 0.127. The van der Waals surface area contributed by atoms with E-state index in [1.54, 1.807) is 19.1 Å². The summed E-state index contributed by atoms with van der Waals surface area (Å²) in [5.74, 6) is 1.35. The van der Waals surface area contributed by atoms with Crippen LogP contribution in [0.2, 0.25) is 0 Å². The lowest BCUT2D eigenvalue weighted by atomic mass is 10.2. The molecule has 0 aromatic heterocycles. The van der Waals surface area contributed by atoms with Gasteiger partial charge in [-0.25, -0.2) is 4.79 Å². The molecule has 0 spiro atoms. The number of hydrogen-bond acceptors (Lipinski definition) is 3. The molecule has 0 unspecified atom stereocenters. The first-order chi connectivity index (χ1) is 11.2. The van der Waals surface area contributed by atoms with E-state index in [4.69, 9.17) is 9.47 Å². The van der Waals surface area contributed by atoms with Gasteiger partial charge >= 0.3 is 6.03 Å². The Morgan fingerprint density at radius 2 is 1.70 bits per heavy atom. The highest BCUT2D eigenvalue weighted by Crippen LogP contribution is 2.25. The van der Waals surface area contributed by atoms with Crippen LogP contribution in [0, 0.1) is 0 Å². The first-order valence-corrected chi connectivity index (χ1v) is 7.49. The van der Waals surface area contributed by atoms with E-state index >= 15 is 0 Å². The number of nitrogens with one attached hydrogen (secondary N) is 1. The first kappa shape index (κ1) is 16.7. The number of methoxy groups -OCH3 is 1. The summed E-state index contributed by atoms with van der Waals surface area (Å²) in [4.78, 5) is 13.7. The Bertz CT molecular complexity index is 617. The van der Waals surface area contributed by atoms with E-state index in [2.05, 4.69) is 5.32 Å². The molecule has 0 saturated heterocycles. The van der Waals surface area contributed by atoms with E-state index in [-0.39, 0.29) is 6.03 Å². The summed E-state index contributed by atoms with van der Waals surface area (Å²) >= 11 is 0. The highest BCUT2D eigenvalue weighted by Gasteiger charge is 2.08. The standard InChI is InChI=1S/C18H22N2O3/c1-20(14-15-8-4-3-5-9-15)18(21)19-12-13-23-17-11-7-6-10-16(17)22-2/h3-11H,12-14H2,1-2H3,(H,19,21). The van der Waals surface area contributed by atoms with Gasteiger partial charge < -0.3 is 19.7 Å². The normalized spacial score (nSPS) is 10.0. The Morgan fingerprint density at radius 3 is 2.39 bits per heavy atom.